The van der Waals surface area contributed by atoms with E-state index in [9.17, 15) is 0 Å². The third-order valence-corrected chi connectivity index (χ3v) is 5.53. The highest BCUT2D eigenvalue weighted by Crippen LogP contribution is 2.35. The minimum atomic E-state index is 0.613. The van der Waals surface area contributed by atoms with Crippen molar-refractivity contribution in [1.82, 2.24) is 4.90 Å². The minimum Gasteiger partial charge on any atom is -0.299 e. The summed E-state index contributed by atoms with van der Waals surface area (Å²) in [5.41, 5.74) is 1.48. The summed E-state index contributed by atoms with van der Waals surface area (Å²) in [5.74, 6) is 3.24. The Morgan fingerprint density at radius 2 is 1.62 bits per heavy atom. The Bertz CT molecular complexity index is 411. The van der Waals surface area contributed by atoms with Gasteiger partial charge in [-0.2, -0.15) is 0 Å². The van der Waals surface area contributed by atoms with Gasteiger partial charge in [-0.15, -0.1) is 0 Å². The predicted molar refractivity (Wildman–Crippen MR) is 92.6 cm³/mol. The molecule has 0 bridgehead atoms. The van der Waals surface area contributed by atoms with Gasteiger partial charge in [0, 0.05) is 19.1 Å². The molecule has 4 unspecified atom stereocenters. The molecule has 1 heteroatoms. The van der Waals surface area contributed by atoms with Gasteiger partial charge in [0.2, 0.25) is 0 Å². The molecule has 1 saturated heterocycles. The summed E-state index contributed by atoms with van der Waals surface area (Å²) in [7, 11) is 0. The van der Waals surface area contributed by atoms with E-state index in [0.29, 0.717) is 12.0 Å². The van der Waals surface area contributed by atoms with Crippen LogP contribution < -0.4 is 0 Å². The van der Waals surface area contributed by atoms with E-state index in [4.69, 9.17) is 0 Å². The molecular formula is C20H33N. The van der Waals surface area contributed by atoms with Crippen molar-refractivity contribution >= 4 is 0 Å². The Labute approximate surface area is 131 Å². The summed E-state index contributed by atoms with van der Waals surface area (Å²) < 4.78 is 0. The van der Waals surface area contributed by atoms with Crippen LogP contribution >= 0.6 is 0 Å². The molecule has 0 spiro atoms. The fourth-order valence-corrected chi connectivity index (χ4v) is 3.99. The average Bonchev–Trinajstić information content (AvgIpc) is 2.88. The third kappa shape index (κ3) is 4.10. The molecule has 0 amide bonds. The van der Waals surface area contributed by atoms with Gasteiger partial charge in [-0.25, -0.2) is 0 Å². The highest BCUT2D eigenvalue weighted by atomic mass is 15.2. The van der Waals surface area contributed by atoms with E-state index >= 15 is 0 Å². The Balaban J connectivity index is 2.01. The van der Waals surface area contributed by atoms with Crippen molar-refractivity contribution < 1.29 is 0 Å². The second kappa shape index (κ2) is 7.45. The maximum Gasteiger partial charge on any atom is 0.0133 e. The van der Waals surface area contributed by atoms with Crippen molar-refractivity contribution in [1.29, 1.82) is 0 Å². The quantitative estimate of drug-likeness (QED) is 0.696. The molecule has 0 aromatic heterocycles. The zero-order valence-corrected chi connectivity index (χ0v) is 14.5. The molecular weight excluding hydrogens is 254 g/mol. The standard InChI is InChI=1S/C20H33N/c1-6-18-13-21(14-20(18)12-15(2)3)17(5)16(4)19-10-8-7-9-11-19/h7-11,15-18,20H,6,12-14H2,1-5H3. The smallest absolute Gasteiger partial charge is 0.0133 e. The molecule has 0 radical (unpaired) electrons. The Hall–Kier alpha value is -0.820. The third-order valence-electron chi connectivity index (χ3n) is 5.53. The van der Waals surface area contributed by atoms with Crippen molar-refractivity contribution in [2.24, 2.45) is 17.8 Å². The molecule has 4 atom stereocenters. The van der Waals surface area contributed by atoms with Crippen LogP contribution in [0.1, 0.15) is 58.9 Å². The molecule has 0 saturated carbocycles. The van der Waals surface area contributed by atoms with Crippen LogP contribution in [0.3, 0.4) is 0 Å². The van der Waals surface area contributed by atoms with Gasteiger partial charge < -0.3 is 0 Å². The van der Waals surface area contributed by atoms with Gasteiger partial charge in [0.1, 0.15) is 0 Å². The Kier molecular flexibility index (Phi) is 5.87. The number of nitrogens with zero attached hydrogens (tertiary/aromatic N) is 1. The Morgan fingerprint density at radius 3 is 2.19 bits per heavy atom. The molecule has 0 aliphatic carbocycles. The van der Waals surface area contributed by atoms with E-state index in [2.05, 4.69) is 69.9 Å². The largest absolute Gasteiger partial charge is 0.299 e. The second-order valence-electron chi connectivity index (χ2n) is 7.45. The van der Waals surface area contributed by atoms with Crippen molar-refractivity contribution in [3.05, 3.63) is 35.9 Å². The van der Waals surface area contributed by atoms with Gasteiger partial charge in [0.05, 0.1) is 0 Å². The lowest BCUT2D eigenvalue weighted by molar-refractivity contribution is 0.218. The predicted octanol–water partition coefficient (Wildman–Crippen LogP) is 5.18. The maximum absolute atomic E-state index is 2.75. The molecule has 1 aliphatic heterocycles. The lowest BCUT2D eigenvalue weighted by Crippen LogP contribution is -2.35. The molecule has 1 aliphatic rings. The first-order chi connectivity index (χ1) is 10.0. The first-order valence-corrected chi connectivity index (χ1v) is 8.81. The summed E-state index contributed by atoms with van der Waals surface area (Å²) in [6, 6.07) is 11.6. The van der Waals surface area contributed by atoms with Crippen LogP contribution in [-0.4, -0.2) is 24.0 Å². The van der Waals surface area contributed by atoms with Gasteiger partial charge in [-0.3, -0.25) is 4.90 Å². The van der Waals surface area contributed by atoms with E-state index in [-0.39, 0.29) is 0 Å². The number of hydrogen-bond acceptors (Lipinski definition) is 1. The molecule has 2 rings (SSSR count). The average molecular weight is 287 g/mol. The fourth-order valence-electron chi connectivity index (χ4n) is 3.99. The molecule has 0 N–H and O–H groups in total. The fraction of sp³-hybridized carbons (Fsp3) is 0.700. The first kappa shape index (κ1) is 16.5. The van der Waals surface area contributed by atoms with E-state index in [1.165, 1.54) is 31.5 Å². The van der Waals surface area contributed by atoms with E-state index in [0.717, 1.165) is 17.8 Å². The SMILES string of the molecule is CCC1CN(C(C)C(C)c2ccccc2)CC1CC(C)C. The van der Waals surface area contributed by atoms with E-state index in [1.807, 2.05) is 0 Å². The number of benzene rings is 1. The minimum absolute atomic E-state index is 0.613. The molecule has 1 heterocycles. The Morgan fingerprint density at radius 1 is 1.00 bits per heavy atom. The van der Waals surface area contributed by atoms with E-state index < -0.39 is 0 Å². The summed E-state index contributed by atoms with van der Waals surface area (Å²) in [4.78, 5) is 2.75. The second-order valence-corrected chi connectivity index (χ2v) is 7.45. The van der Waals surface area contributed by atoms with Crippen LogP contribution in [0.4, 0.5) is 0 Å². The first-order valence-electron chi connectivity index (χ1n) is 8.81. The van der Waals surface area contributed by atoms with Gasteiger partial charge in [0.25, 0.3) is 0 Å². The van der Waals surface area contributed by atoms with E-state index in [1.54, 1.807) is 0 Å². The van der Waals surface area contributed by atoms with Crippen LogP contribution in [-0.2, 0) is 0 Å². The molecule has 1 fully saturated rings. The van der Waals surface area contributed by atoms with Crippen molar-refractivity contribution in [2.45, 2.75) is 59.4 Å². The summed E-state index contributed by atoms with van der Waals surface area (Å²) in [6.45, 7) is 14.5. The number of rotatable bonds is 6. The highest BCUT2D eigenvalue weighted by molar-refractivity contribution is 5.20. The van der Waals surface area contributed by atoms with Crippen LogP contribution in [0.25, 0.3) is 0 Å². The lowest BCUT2D eigenvalue weighted by Gasteiger charge is -2.30. The molecule has 1 nitrogen and oxygen atoms in total. The van der Waals surface area contributed by atoms with Gasteiger partial charge in [-0.1, -0.05) is 64.4 Å². The number of likely N-dealkylation sites (tertiary alicyclic amines) is 1. The zero-order valence-electron chi connectivity index (χ0n) is 14.5. The normalized spacial score (nSPS) is 26.2. The molecule has 1 aromatic rings. The number of hydrogen-bond donors (Lipinski definition) is 0. The van der Waals surface area contributed by atoms with Crippen molar-refractivity contribution in [3.8, 4) is 0 Å². The summed E-state index contributed by atoms with van der Waals surface area (Å²) in [6.07, 6.45) is 2.72. The molecule has 21 heavy (non-hydrogen) atoms. The lowest BCUT2D eigenvalue weighted by atomic mass is 9.87. The van der Waals surface area contributed by atoms with Gasteiger partial charge >= 0.3 is 0 Å². The summed E-state index contributed by atoms with van der Waals surface area (Å²) >= 11 is 0. The van der Waals surface area contributed by atoms with Gasteiger partial charge in [-0.05, 0) is 42.6 Å². The van der Waals surface area contributed by atoms with Crippen LogP contribution in [0.15, 0.2) is 30.3 Å². The van der Waals surface area contributed by atoms with Crippen LogP contribution in [0, 0.1) is 17.8 Å². The maximum atomic E-state index is 2.75. The molecule has 118 valence electrons. The zero-order chi connectivity index (χ0) is 15.4. The van der Waals surface area contributed by atoms with Crippen LogP contribution in [0.5, 0.6) is 0 Å². The monoisotopic (exact) mass is 287 g/mol. The van der Waals surface area contributed by atoms with Crippen molar-refractivity contribution in [3.63, 3.8) is 0 Å². The summed E-state index contributed by atoms with van der Waals surface area (Å²) in [5, 5.41) is 0. The molecule has 1 aromatic carbocycles. The van der Waals surface area contributed by atoms with Crippen LogP contribution in [0.2, 0.25) is 0 Å². The topological polar surface area (TPSA) is 3.24 Å². The highest BCUT2D eigenvalue weighted by Gasteiger charge is 2.35. The van der Waals surface area contributed by atoms with Crippen molar-refractivity contribution in [2.75, 3.05) is 13.1 Å². The van der Waals surface area contributed by atoms with Gasteiger partial charge in [0.15, 0.2) is 0 Å².